The van der Waals surface area contributed by atoms with E-state index in [1.807, 2.05) is 38.1 Å². The van der Waals surface area contributed by atoms with Crippen molar-refractivity contribution in [2.75, 3.05) is 34.8 Å². The van der Waals surface area contributed by atoms with Crippen LogP contribution >= 0.6 is 23.1 Å². The number of aromatic nitrogens is 1. The summed E-state index contributed by atoms with van der Waals surface area (Å²) in [5.74, 6) is -3.89. The lowest BCUT2D eigenvalue weighted by Gasteiger charge is -2.31. The molecule has 0 unspecified atom stereocenters. The Morgan fingerprint density at radius 1 is 0.922 bits per heavy atom. The molecule has 266 valence electrons. The molecule has 1 fully saturated rings. The molecule has 3 amide bonds. The van der Waals surface area contributed by atoms with Crippen molar-refractivity contribution in [1.82, 2.24) is 4.57 Å². The third kappa shape index (κ3) is 6.91. The third-order valence-corrected chi connectivity index (χ3v) is 11.4. The first kappa shape index (κ1) is 35.9. The average Bonchev–Trinajstić information content (AvgIpc) is 3.55. The minimum atomic E-state index is -4.61. The number of hydrogen-bond donors (Lipinski definition) is 1. The van der Waals surface area contributed by atoms with Gasteiger partial charge in [0.25, 0.3) is 0 Å². The van der Waals surface area contributed by atoms with Gasteiger partial charge in [0.05, 0.1) is 34.4 Å². The van der Waals surface area contributed by atoms with Gasteiger partial charge in [-0.1, -0.05) is 41.3 Å². The van der Waals surface area contributed by atoms with E-state index in [1.165, 1.54) is 41.0 Å². The van der Waals surface area contributed by atoms with E-state index in [0.29, 0.717) is 15.5 Å². The summed E-state index contributed by atoms with van der Waals surface area (Å²) in [6.45, 7) is 6.95. The summed E-state index contributed by atoms with van der Waals surface area (Å²) in [7, 11) is 0. The first-order chi connectivity index (χ1) is 24.4. The molecule has 2 aliphatic heterocycles. The highest BCUT2D eigenvalue weighted by molar-refractivity contribution is 8.00. The Hall–Kier alpha value is -4.89. The predicted octanol–water partition coefficient (Wildman–Crippen LogP) is 6.39. The largest absolute Gasteiger partial charge is 0.462 e. The summed E-state index contributed by atoms with van der Waals surface area (Å²) in [6, 6.07) is 17.7. The molecule has 1 N–H and O–H groups in total. The van der Waals surface area contributed by atoms with E-state index < -0.39 is 63.9 Å². The number of thioether (sulfide) groups is 1. The third-order valence-electron chi connectivity index (χ3n) is 8.84. The second kappa shape index (κ2) is 14.4. The number of carbonyl (C=O) groups is 4. The van der Waals surface area contributed by atoms with Crippen LogP contribution in [0.15, 0.2) is 82.6 Å². The smallest absolute Gasteiger partial charge is 0.416 e. The van der Waals surface area contributed by atoms with Crippen LogP contribution in [0.3, 0.4) is 0 Å². The van der Waals surface area contributed by atoms with Crippen LogP contribution in [0.4, 0.5) is 30.2 Å². The fourth-order valence-corrected chi connectivity index (χ4v) is 9.20. The number of amides is 3. The van der Waals surface area contributed by atoms with E-state index in [4.69, 9.17) is 4.74 Å². The lowest BCUT2D eigenvalue weighted by atomic mass is 9.83. The Bertz CT molecular complexity index is 2040. The zero-order chi connectivity index (χ0) is 36.6. The van der Waals surface area contributed by atoms with Gasteiger partial charge in [0.1, 0.15) is 11.8 Å². The number of rotatable bonds is 10. The molecule has 15 heteroatoms. The molecule has 51 heavy (non-hydrogen) atoms. The number of alkyl halides is 3. The number of ether oxygens (including phenoxy) is 1. The molecule has 6 rings (SSSR count). The van der Waals surface area contributed by atoms with Crippen LogP contribution < -0.4 is 20.0 Å². The number of esters is 1. The number of imide groups is 1. The second-order valence-corrected chi connectivity index (χ2v) is 14.0. The van der Waals surface area contributed by atoms with Crippen LogP contribution in [0.1, 0.15) is 53.1 Å². The number of carbonyl (C=O) groups excluding carboxylic acids is 4. The van der Waals surface area contributed by atoms with E-state index in [-0.39, 0.29) is 23.5 Å². The first-order valence-corrected chi connectivity index (χ1v) is 17.9. The van der Waals surface area contributed by atoms with Crippen LogP contribution in [-0.2, 0) is 31.8 Å². The summed E-state index contributed by atoms with van der Waals surface area (Å²) in [4.78, 5) is 70.5. The zero-order valence-corrected chi connectivity index (χ0v) is 29.4. The van der Waals surface area contributed by atoms with E-state index >= 15 is 0 Å². The quantitative estimate of drug-likeness (QED) is 0.147. The van der Waals surface area contributed by atoms with Crippen molar-refractivity contribution in [3.05, 3.63) is 104 Å². The van der Waals surface area contributed by atoms with Crippen LogP contribution in [0.5, 0.6) is 0 Å². The molecular formula is C36H33F3N4O6S2. The van der Waals surface area contributed by atoms with Crippen molar-refractivity contribution >= 4 is 63.9 Å². The summed E-state index contributed by atoms with van der Waals surface area (Å²) in [6.07, 6.45) is -4.61. The van der Waals surface area contributed by atoms with Crippen molar-refractivity contribution in [2.45, 2.75) is 49.7 Å². The minimum Gasteiger partial charge on any atom is -0.462 e. The molecule has 0 saturated carbocycles. The minimum absolute atomic E-state index is 0.0907. The molecule has 0 radical (unpaired) electrons. The van der Waals surface area contributed by atoms with Gasteiger partial charge < -0.3 is 15.0 Å². The molecule has 0 aliphatic carbocycles. The van der Waals surface area contributed by atoms with Crippen molar-refractivity contribution < 1.29 is 37.1 Å². The van der Waals surface area contributed by atoms with Crippen molar-refractivity contribution in [1.29, 1.82) is 0 Å². The Morgan fingerprint density at radius 2 is 1.61 bits per heavy atom. The highest BCUT2D eigenvalue weighted by Crippen LogP contribution is 2.54. The lowest BCUT2D eigenvalue weighted by Crippen LogP contribution is -2.33. The van der Waals surface area contributed by atoms with E-state index in [9.17, 15) is 37.1 Å². The fraction of sp³-hybridized carbons (Fsp3) is 0.306. The molecular weight excluding hydrogens is 706 g/mol. The molecule has 4 aromatic rings. The summed E-state index contributed by atoms with van der Waals surface area (Å²) < 4.78 is 46.1. The van der Waals surface area contributed by atoms with E-state index in [0.717, 1.165) is 58.9 Å². The maximum Gasteiger partial charge on any atom is 0.416 e. The van der Waals surface area contributed by atoms with Crippen molar-refractivity contribution in [2.24, 2.45) is 5.92 Å². The van der Waals surface area contributed by atoms with Gasteiger partial charge in [0.2, 0.25) is 17.7 Å². The van der Waals surface area contributed by atoms with Gasteiger partial charge in [-0.25, -0.2) is 9.69 Å². The molecule has 3 heterocycles. The maximum absolute atomic E-state index is 14.3. The monoisotopic (exact) mass is 738 g/mol. The number of fused-ring (bicyclic) bond motifs is 2. The Labute approximate surface area is 299 Å². The summed E-state index contributed by atoms with van der Waals surface area (Å²) >= 11 is 1.88. The molecule has 1 aromatic heterocycles. The number of nitrogens with one attached hydrogen (secondary N) is 1. The van der Waals surface area contributed by atoms with Crippen LogP contribution in [0.2, 0.25) is 0 Å². The highest BCUT2D eigenvalue weighted by Gasteiger charge is 2.57. The SMILES string of the molecule is CCOC(=O)c1ccc(N2C(=O)[C@H]3[C@H](c4ccc(N(CC)CC)cc4)c4sc(=O)n(CC(=O)Nc5cccc(C(F)(F)F)c5)c4S[C@H]3C2=O)cc1. The van der Waals surface area contributed by atoms with Gasteiger partial charge in [-0.15, -0.1) is 0 Å². The van der Waals surface area contributed by atoms with Gasteiger partial charge in [-0.2, -0.15) is 13.2 Å². The Kier molecular flexibility index (Phi) is 10.1. The Morgan fingerprint density at radius 3 is 2.24 bits per heavy atom. The second-order valence-electron chi connectivity index (χ2n) is 11.8. The number of hydrogen-bond acceptors (Lipinski definition) is 9. The van der Waals surface area contributed by atoms with E-state index in [1.54, 1.807) is 6.92 Å². The number of anilines is 3. The van der Waals surface area contributed by atoms with Gasteiger partial charge in [-0.3, -0.25) is 23.7 Å². The molecule has 1 saturated heterocycles. The normalized spacial score (nSPS) is 18.3. The van der Waals surface area contributed by atoms with Crippen LogP contribution in [0, 0.1) is 5.92 Å². The summed E-state index contributed by atoms with van der Waals surface area (Å²) in [5, 5.41) is 1.81. The van der Waals surface area contributed by atoms with Crippen molar-refractivity contribution in [3.8, 4) is 0 Å². The molecule has 0 bridgehead atoms. The van der Waals surface area contributed by atoms with Crippen LogP contribution in [0.25, 0.3) is 0 Å². The van der Waals surface area contributed by atoms with Crippen LogP contribution in [-0.4, -0.2) is 53.2 Å². The first-order valence-electron chi connectivity index (χ1n) is 16.2. The fourth-order valence-electron chi connectivity index (χ4n) is 6.43. The van der Waals surface area contributed by atoms with Gasteiger partial charge in [0.15, 0.2) is 0 Å². The molecule has 3 atom stereocenters. The van der Waals surface area contributed by atoms with Gasteiger partial charge >= 0.3 is 17.0 Å². The van der Waals surface area contributed by atoms with E-state index in [2.05, 4.69) is 10.2 Å². The van der Waals surface area contributed by atoms with Gasteiger partial charge in [0, 0.05) is 35.3 Å². The topological polar surface area (TPSA) is 118 Å². The van der Waals surface area contributed by atoms with Gasteiger partial charge in [-0.05, 0) is 80.9 Å². The molecule has 0 spiro atoms. The summed E-state index contributed by atoms with van der Waals surface area (Å²) in [5.41, 5.74) is 1.15. The predicted molar refractivity (Wildman–Crippen MR) is 189 cm³/mol. The standard InChI is InChI=1S/C36H33F3N4O6S2/c1-4-41(5-2)24-14-10-20(11-15-24)27-28-29(32(46)43(31(28)45)25-16-12-21(13-17-25)34(47)49-6-3)50-33-30(27)51-35(48)42(33)19-26(44)40-23-9-7-8-22(18-23)36(37,38)39/h7-18,27-29H,4-6,19H2,1-3H3,(H,40,44)/t27-,28-,29+/m0/s1. The van der Waals surface area contributed by atoms with Crippen molar-refractivity contribution in [3.63, 3.8) is 0 Å². The lowest BCUT2D eigenvalue weighted by molar-refractivity contribution is -0.137. The average molecular weight is 739 g/mol. The number of nitrogens with zero attached hydrogens (tertiary/aromatic N) is 3. The molecule has 10 nitrogen and oxygen atoms in total. The number of halogens is 3. The Balaban J connectivity index is 1.37. The molecule has 3 aromatic carbocycles. The zero-order valence-electron chi connectivity index (χ0n) is 27.7. The maximum atomic E-state index is 14.3. The molecule has 2 aliphatic rings. The number of benzene rings is 3. The number of thiazole rings is 1. The highest BCUT2D eigenvalue weighted by atomic mass is 32.2.